The van der Waals surface area contributed by atoms with Crippen molar-refractivity contribution in [3.63, 3.8) is 0 Å². The van der Waals surface area contributed by atoms with E-state index in [4.69, 9.17) is 9.47 Å². The predicted molar refractivity (Wildman–Crippen MR) is 114 cm³/mol. The summed E-state index contributed by atoms with van der Waals surface area (Å²) in [5.74, 6) is -0.462. The maximum atomic E-state index is 13.1. The predicted octanol–water partition coefficient (Wildman–Crippen LogP) is 1.62. The van der Waals surface area contributed by atoms with Crippen molar-refractivity contribution in [2.45, 2.75) is 25.6 Å². The average molecular weight is 437 g/mol. The molecule has 10 heteroatoms. The highest BCUT2D eigenvalue weighted by Crippen LogP contribution is 2.36. The zero-order valence-corrected chi connectivity index (χ0v) is 17.9. The average Bonchev–Trinajstić information content (AvgIpc) is 3.32. The maximum absolute atomic E-state index is 13.1. The lowest BCUT2D eigenvalue weighted by Gasteiger charge is -2.20. The molecule has 2 unspecified atom stereocenters. The highest BCUT2D eigenvalue weighted by Gasteiger charge is 2.55. The number of ether oxygens (including phenoxy) is 2. The van der Waals surface area contributed by atoms with Gasteiger partial charge in [-0.25, -0.2) is 4.90 Å². The Morgan fingerprint density at radius 3 is 2.44 bits per heavy atom. The van der Waals surface area contributed by atoms with Crippen LogP contribution in [0.4, 0.5) is 5.69 Å². The van der Waals surface area contributed by atoms with Gasteiger partial charge < -0.3 is 14.8 Å². The number of methoxy groups -OCH3 is 2. The summed E-state index contributed by atoms with van der Waals surface area (Å²) in [6.45, 7) is 2.15. The summed E-state index contributed by atoms with van der Waals surface area (Å²) in [5, 5.41) is 11.9. The molecule has 0 radical (unpaired) electrons. The summed E-state index contributed by atoms with van der Waals surface area (Å²) >= 11 is 0. The smallest absolute Gasteiger partial charge is 0.263 e. The Labute approximate surface area is 184 Å². The number of benzene rings is 2. The molecular formula is C22H23N5O5. The van der Waals surface area contributed by atoms with Crippen molar-refractivity contribution in [2.75, 3.05) is 25.7 Å². The summed E-state index contributed by atoms with van der Waals surface area (Å²) < 4.78 is 10.5. The molecule has 2 aromatic carbocycles. The number of anilines is 1. The van der Waals surface area contributed by atoms with Crippen LogP contribution in [-0.4, -0.2) is 55.6 Å². The van der Waals surface area contributed by atoms with E-state index >= 15 is 0 Å². The monoisotopic (exact) mass is 437 g/mol. The SMILES string of the molecule is COc1ccc(N2C(=O)C3N=NN(CC(=O)NCc4ccc(C)cc4)C3C2=O)cc1OC. The van der Waals surface area contributed by atoms with Gasteiger partial charge in [0.25, 0.3) is 11.8 Å². The molecular weight excluding hydrogens is 414 g/mol. The van der Waals surface area contributed by atoms with E-state index in [2.05, 4.69) is 15.7 Å². The van der Waals surface area contributed by atoms with Gasteiger partial charge in [0, 0.05) is 12.6 Å². The molecule has 2 atom stereocenters. The lowest BCUT2D eigenvalue weighted by Crippen LogP contribution is -2.44. The van der Waals surface area contributed by atoms with Crippen LogP contribution in [0, 0.1) is 6.92 Å². The molecule has 1 fully saturated rings. The van der Waals surface area contributed by atoms with Gasteiger partial charge in [0.2, 0.25) is 5.91 Å². The summed E-state index contributed by atoms with van der Waals surface area (Å²) in [7, 11) is 2.96. The van der Waals surface area contributed by atoms with E-state index in [0.29, 0.717) is 23.7 Å². The zero-order chi connectivity index (χ0) is 22.8. The topological polar surface area (TPSA) is 113 Å². The van der Waals surface area contributed by atoms with E-state index in [9.17, 15) is 14.4 Å². The first-order valence-corrected chi connectivity index (χ1v) is 10.0. The van der Waals surface area contributed by atoms with Crippen LogP contribution in [0.5, 0.6) is 11.5 Å². The second kappa shape index (κ2) is 8.66. The second-order valence-electron chi connectivity index (χ2n) is 7.51. The molecule has 2 aliphatic heterocycles. The second-order valence-corrected chi connectivity index (χ2v) is 7.51. The van der Waals surface area contributed by atoms with Crippen LogP contribution in [0.15, 0.2) is 52.8 Å². The Morgan fingerprint density at radius 2 is 1.75 bits per heavy atom. The van der Waals surface area contributed by atoms with Crippen LogP contribution in [0.25, 0.3) is 0 Å². The minimum absolute atomic E-state index is 0.185. The molecule has 3 amide bonds. The van der Waals surface area contributed by atoms with Crippen LogP contribution < -0.4 is 19.7 Å². The Hall–Kier alpha value is -3.95. The number of fused-ring (bicyclic) bond motifs is 1. The van der Waals surface area contributed by atoms with Gasteiger partial charge in [0.05, 0.1) is 19.9 Å². The van der Waals surface area contributed by atoms with Crippen molar-refractivity contribution in [1.29, 1.82) is 0 Å². The Kier molecular flexibility index (Phi) is 5.76. The van der Waals surface area contributed by atoms with Crippen LogP contribution >= 0.6 is 0 Å². The number of amides is 3. The highest BCUT2D eigenvalue weighted by atomic mass is 16.5. The lowest BCUT2D eigenvalue weighted by molar-refractivity contribution is -0.125. The molecule has 0 bridgehead atoms. The van der Waals surface area contributed by atoms with Gasteiger partial charge >= 0.3 is 0 Å². The minimum Gasteiger partial charge on any atom is -0.493 e. The summed E-state index contributed by atoms with van der Waals surface area (Å²) in [5.41, 5.74) is 2.43. The van der Waals surface area contributed by atoms with Crippen molar-refractivity contribution in [3.05, 3.63) is 53.6 Å². The molecule has 2 aliphatic rings. The third kappa shape index (κ3) is 3.86. The van der Waals surface area contributed by atoms with E-state index in [1.165, 1.54) is 19.2 Å². The Balaban J connectivity index is 1.44. The van der Waals surface area contributed by atoms with Gasteiger partial charge in [-0.05, 0) is 24.6 Å². The molecule has 0 aliphatic carbocycles. The number of carbonyl (C=O) groups excluding carboxylic acids is 3. The quantitative estimate of drug-likeness (QED) is 0.659. The van der Waals surface area contributed by atoms with Gasteiger partial charge in [-0.1, -0.05) is 35.1 Å². The molecule has 32 heavy (non-hydrogen) atoms. The van der Waals surface area contributed by atoms with E-state index < -0.39 is 23.9 Å². The number of carbonyl (C=O) groups is 3. The maximum Gasteiger partial charge on any atom is 0.263 e. The van der Waals surface area contributed by atoms with Crippen molar-refractivity contribution in [2.24, 2.45) is 10.3 Å². The third-order valence-corrected chi connectivity index (χ3v) is 5.40. The fourth-order valence-corrected chi connectivity index (χ4v) is 3.68. The van der Waals surface area contributed by atoms with Gasteiger partial charge in [0.15, 0.2) is 23.6 Å². The summed E-state index contributed by atoms with van der Waals surface area (Å²) in [6, 6.07) is 10.6. The van der Waals surface area contributed by atoms with Crippen LogP contribution in [0.3, 0.4) is 0 Å². The third-order valence-electron chi connectivity index (χ3n) is 5.40. The molecule has 166 valence electrons. The molecule has 2 heterocycles. The van der Waals surface area contributed by atoms with E-state index in [1.807, 2.05) is 31.2 Å². The number of rotatable bonds is 7. The molecule has 10 nitrogen and oxygen atoms in total. The van der Waals surface area contributed by atoms with Crippen molar-refractivity contribution in [1.82, 2.24) is 10.3 Å². The molecule has 0 saturated carbocycles. The van der Waals surface area contributed by atoms with Crippen molar-refractivity contribution in [3.8, 4) is 11.5 Å². The first kappa shape index (κ1) is 21.3. The Bertz CT molecular complexity index is 1080. The number of aryl methyl sites for hydroxylation is 1. The van der Waals surface area contributed by atoms with E-state index in [1.54, 1.807) is 18.2 Å². The largest absolute Gasteiger partial charge is 0.493 e. The zero-order valence-electron chi connectivity index (χ0n) is 17.9. The fraction of sp³-hybridized carbons (Fsp3) is 0.318. The number of hydrogen-bond donors (Lipinski definition) is 1. The van der Waals surface area contributed by atoms with Gasteiger partial charge in [-0.2, -0.15) is 5.11 Å². The van der Waals surface area contributed by atoms with E-state index in [-0.39, 0.29) is 12.5 Å². The van der Waals surface area contributed by atoms with Gasteiger partial charge in [0.1, 0.15) is 6.54 Å². The molecule has 0 spiro atoms. The number of hydrogen-bond acceptors (Lipinski definition) is 8. The number of imide groups is 1. The Morgan fingerprint density at radius 1 is 1.03 bits per heavy atom. The molecule has 4 rings (SSSR count). The molecule has 0 aromatic heterocycles. The molecule has 2 aromatic rings. The summed E-state index contributed by atoms with van der Waals surface area (Å²) in [4.78, 5) is 39.4. The van der Waals surface area contributed by atoms with Crippen LogP contribution in [-0.2, 0) is 20.9 Å². The van der Waals surface area contributed by atoms with Crippen molar-refractivity contribution >= 4 is 23.4 Å². The standard InChI is InChI=1S/C22H23N5O5/c1-13-4-6-14(7-5-13)11-23-18(28)12-26-20-19(24-25-26)21(29)27(22(20)30)15-8-9-16(31-2)17(10-15)32-3/h4-10,19-20H,11-12H2,1-3H3,(H,23,28). The van der Waals surface area contributed by atoms with Crippen molar-refractivity contribution < 1.29 is 23.9 Å². The highest BCUT2D eigenvalue weighted by molar-refractivity contribution is 6.25. The van der Waals surface area contributed by atoms with Crippen LogP contribution in [0.1, 0.15) is 11.1 Å². The number of nitrogens with zero attached hydrogens (tertiary/aromatic N) is 4. The van der Waals surface area contributed by atoms with Gasteiger partial charge in [-0.15, -0.1) is 0 Å². The summed E-state index contributed by atoms with van der Waals surface area (Å²) in [6.07, 6.45) is 0. The first-order chi connectivity index (χ1) is 15.4. The minimum atomic E-state index is -0.986. The first-order valence-electron chi connectivity index (χ1n) is 10.0. The van der Waals surface area contributed by atoms with Gasteiger partial charge in [-0.3, -0.25) is 19.4 Å². The normalized spacial score (nSPS) is 19.3. The fourth-order valence-electron chi connectivity index (χ4n) is 3.68. The van der Waals surface area contributed by atoms with E-state index in [0.717, 1.165) is 16.0 Å². The number of nitrogens with one attached hydrogen (secondary N) is 1. The molecule has 1 saturated heterocycles. The van der Waals surface area contributed by atoms with Crippen LogP contribution in [0.2, 0.25) is 0 Å². The lowest BCUT2D eigenvalue weighted by atomic mass is 10.1. The molecule has 1 N–H and O–H groups in total.